The maximum atomic E-state index is 6.21. The predicted octanol–water partition coefficient (Wildman–Crippen LogP) is 4.60. The van der Waals surface area contributed by atoms with Gasteiger partial charge in [0, 0.05) is 11.6 Å². The molecule has 0 aliphatic carbocycles. The summed E-state index contributed by atoms with van der Waals surface area (Å²) >= 11 is 9.60. The van der Waals surface area contributed by atoms with Crippen LogP contribution in [0.3, 0.4) is 0 Å². The second-order valence-electron chi connectivity index (χ2n) is 3.48. The molecule has 2 aromatic rings. The minimum Gasteiger partial charge on any atom is -0.255 e. The van der Waals surface area contributed by atoms with E-state index in [1.165, 1.54) is 5.56 Å². The van der Waals surface area contributed by atoms with Crippen molar-refractivity contribution < 1.29 is 0 Å². The summed E-state index contributed by atoms with van der Waals surface area (Å²) in [6.07, 6.45) is 3.93. The number of fused-ring (bicyclic) bond motifs is 1. The second kappa shape index (κ2) is 4.50. The lowest BCUT2D eigenvalue weighted by atomic mass is 10.1. The van der Waals surface area contributed by atoms with Crippen molar-refractivity contribution in [3.63, 3.8) is 0 Å². The van der Waals surface area contributed by atoms with Gasteiger partial charge in [-0.1, -0.05) is 43.1 Å². The summed E-state index contributed by atoms with van der Waals surface area (Å²) in [5.74, 6) is 0. The number of benzene rings is 1. The molecule has 0 saturated heterocycles. The van der Waals surface area contributed by atoms with Crippen LogP contribution in [0, 0.1) is 0 Å². The summed E-state index contributed by atoms with van der Waals surface area (Å²) in [5, 5.41) is 1.77. The van der Waals surface area contributed by atoms with Crippen molar-refractivity contribution in [3.05, 3.63) is 39.5 Å². The van der Waals surface area contributed by atoms with Gasteiger partial charge in [-0.25, -0.2) is 0 Å². The lowest BCUT2D eigenvalue weighted by Crippen LogP contribution is -1.89. The third kappa shape index (κ3) is 2.01. The van der Waals surface area contributed by atoms with Crippen LogP contribution < -0.4 is 0 Å². The Morgan fingerprint density at radius 2 is 2.20 bits per heavy atom. The van der Waals surface area contributed by atoms with E-state index in [1.54, 1.807) is 6.20 Å². The fraction of sp³-hybridized carbons (Fsp3) is 0.250. The molecular weight excluding hydrogens is 273 g/mol. The molecule has 0 N–H and O–H groups in total. The van der Waals surface area contributed by atoms with Crippen LogP contribution in [0.1, 0.15) is 18.9 Å². The van der Waals surface area contributed by atoms with Crippen molar-refractivity contribution in [2.45, 2.75) is 19.8 Å². The molecule has 0 spiro atoms. The largest absolute Gasteiger partial charge is 0.255 e. The van der Waals surface area contributed by atoms with Gasteiger partial charge in [-0.3, -0.25) is 4.98 Å². The van der Waals surface area contributed by atoms with Crippen molar-refractivity contribution >= 4 is 38.4 Å². The molecule has 15 heavy (non-hydrogen) atoms. The lowest BCUT2D eigenvalue weighted by Gasteiger charge is -2.06. The topological polar surface area (TPSA) is 12.9 Å². The van der Waals surface area contributed by atoms with Gasteiger partial charge in [-0.15, -0.1) is 0 Å². The maximum Gasteiger partial charge on any atom is 0.0749 e. The molecule has 0 atom stereocenters. The molecule has 78 valence electrons. The van der Waals surface area contributed by atoms with Crippen LogP contribution in [-0.4, -0.2) is 4.98 Å². The highest BCUT2D eigenvalue weighted by Crippen LogP contribution is 2.31. The number of aromatic nitrogens is 1. The molecule has 0 bridgehead atoms. The van der Waals surface area contributed by atoms with Crippen molar-refractivity contribution in [2.24, 2.45) is 0 Å². The van der Waals surface area contributed by atoms with Crippen LogP contribution in [0.15, 0.2) is 28.9 Å². The molecule has 0 saturated carbocycles. The van der Waals surface area contributed by atoms with Gasteiger partial charge in [-0.05, 0) is 27.9 Å². The van der Waals surface area contributed by atoms with Crippen molar-refractivity contribution in [3.8, 4) is 0 Å². The highest BCUT2D eigenvalue weighted by atomic mass is 79.9. The quantitative estimate of drug-likeness (QED) is 0.785. The van der Waals surface area contributed by atoms with E-state index in [2.05, 4.69) is 33.9 Å². The van der Waals surface area contributed by atoms with E-state index in [0.29, 0.717) is 0 Å². The summed E-state index contributed by atoms with van der Waals surface area (Å²) in [4.78, 5) is 4.43. The Hall–Kier alpha value is -0.600. The Morgan fingerprint density at radius 3 is 2.93 bits per heavy atom. The third-order valence-corrected chi connectivity index (χ3v) is 3.63. The number of aryl methyl sites for hydroxylation is 1. The van der Waals surface area contributed by atoms with Gasteiger partial charge in [0.25, 0.3) is 0 Å². The van der Waals surface area contributed by atoms with E-state index in [-0.39, 0.29) is 0 Å². The van der Waals surface area contributed by atoms with Gasteiger partial charge in [-0.2, -0.15) is 0 Å². The molecule has 2 rings (SSSR count). The fourth-order valence-electron chi connectivity index (χ4n) is 1.70. The summed E-state index contributed by atoms with van der Waals surface area (Å²) in [6, 6.07) is 6.16. The summed E-state index contributed by atoms with van der Waals surface area (Å²) in [5.41, 5.74) is 2.29. The number of hydrogen-bond donors (Lipinski definition) is 0. The SMILES string of the molecule is CCCc1cccc2c(Cl)c(Br)cnc12. The number of rotatable bonds is 2. The van der Waals surface area contributed by atoms with Crippen LogP contribution in [0.2, 0.25) is 5.02 Å². The summed E-state index contributed by atoms with van der Waals surface area (Å²) in [7, 11) is 0. The molecule has 0 radical (unpaired) electrons. The lowest BCUT2D eigenvalue weighted by molar-refractivity contribution is 0.926. The Balaban J connectivity index is 2.72. The molecule has 1 nitrogen and oxygen atoms in total. The van der Waals surface area contributed by atoms with Crippen LogP contribution in [0.5, 0.6) is 0 Å². The van der Waals surface area contributed by atoms with E-state index < -0.39 is 0 Å². The van der Waals surface area contributed by atoms with E-state index in [4.69, 9.17) is 11.6 Å². The number of para-hydroxylation sites is 1. The minimum atomic E-state index is 0.748. The smallest absolute Gasteiger partial charge is 0.0749 e. The van der Waals surface area contributed by atoms with E-state index in [0.717, 1.165) is 33.2 Å². The number of nitrogens with zero attached hydrogens (tertiary/aromatic N) is 1. The zero-order valence-corrected chi connectivity index (χ0v) is 10.8. The van der Waals surface area contributed by atoms with E-state index in [1.807, 2.05) is 12.1 Å². The third-order valence-electron chi connectivity index (χ3n) is 2.39. The molecule has 0 aliphatic rings. The van der Waals surface area contributed by atoms with Gasteiger partial charge in [0.2, 0.25) is 0 Å². The standard InChI is InChI=1S/C12H11BrClN/c1-2-4-8-5-3-6-9-11(14)10(13)7-15-12(8)9/h3,5-7H,2,4H2,1H3. The van der Waals surface area contributed by atoms with Crippen molar-refractivity contribution in [1.82, 2.24) is 4.98 Å². The minimum absolute atomic E-state index is 0.748. The van der Waals surface area contributed by atoms with Crippen LogP contribution >= 0.6 is 27.5 Å². The van der Waals surface area contributed by atoms with Crippen LogP contribution in [0.25, 0.3) is 10.9 Å². The van der Waals surface area contributed by atoms with E-state index in [9.17, 15) is 0 Å². The van der Waals surface area contributed by atoms with Gasteiger partial charge in [0.1, 0.15) is 0 Å². The number of pyridine rings is 1. The number of halogens is 2. The van der Waals surface area contributed by atoms with Crippen molar-refractivity contribution in [1.29, 1.82) is 0 Å². The second-order valence-corrected chi connectivity index (χ2v) is 4.72. The summed E-state index contributed by atoms with van der Waals surface area (Å²) < 4.78 is 0.852. The highest BCUT2D eigenvalue weighted by molar-refractivity contribution is 9.10. The Bertz CT molecular complexity index is 496. The Labute approximate surface area is 103 Å². The first-order chi connectivity index (χ1) is 7.24. The maximum absolute atomic E-state index is 6.21. The first kappa shape index (κ1) is 10.9. The molecular formula is C12H11BrClN. The predicted molar refractivity (Wildman–Crippen MR) is 68.4 cm³/mol. The van der Waals surface area contributed by atoms with E-state index >= 15 is 0 Å². The number of hydrogen-bond acceptors (Lipinski definition) is 1. The zero-order chi connectivity index (χ0) is 10.8. The molecule has 3 heteroatoms. The monoisotopic (exact) mass is 283 g/mol. The Morgan fingerprint density at radius 1 is 1.40 bits per heavy atom. The average molecular weight is 285 g/mol. The normalized spacial score (nSPS) is 10.9. The molecule has 0 aliphatic heterocycles. The van der Waals surface area contributed by atoms with Gasteiger partial charge < -0.3 is 0 Å². The molecule has 1 heterocycles. The molecule has 0 unspecified atom stereocenters. The summed E-state index contributed by atoms with van der Waals surface area (Å²) in [6.45, 7) is 2.17. The zero-order valence-electron chi connectivity index (χ0n) is 8.43. The van der Waals surface area contributed by atoms with Crippen LogP contribution in [-0.2, 0) is 6.42 Å². The molecule has 1 aromatic carbocycles. The fourth-order valence-corrected chi connectivity index (χ4v) is 2.22. The van der Waals surface area contributed by atoms with Gasteiger partial charge >= 0.3 is 0 Å². The Kier molecular flexibility index (Phi) is 3.27. The first-order valence-corrected chi connectivity index (χ1v) is 6.12. The van der Waals surface area contributed by atoms with Crippen molar-refractivity contribution in [2.75, 3.05) is 0 Å². The van der Waals surface area contributed by atoms with Gasteiger partial charge in [0.05, 0.1) is 15.0 Å². The first-order valence-electron chi connectivity index (χ1n) is 4.95. The van der Waals surface area contributed by atoms with Crippen LogP contribution in [0.4, 0.5) is 0 Å². The molecule has 1 aromatic heterocycles. The molecule has 0 fully saturated rings. The highest BCUT2D eigenvalue weighted by Gasteiger charge is 2.07. The average Bonchev–Trinajstić information content (AvgIpc) is 2.25. The molecule has 0 amide bonds. The van der Waals surface area contributed by atoms with Gasteiger partial charge in [0.15, 0.2) is 0 Å².